The summed E-state index contributed by atoms with van der Waals surface area (Å²) >= 11 is 0. The van der Waals surface area contributed by atoms with Crippen LogP contribution in [0.1, 0.15) is 24.0 Å². The third-order valence-corrected chi connectivity index (χ3v) is 3.55. The molecular formula is C16H21NO4. The number of amides is 1. The third kappa shape index (κ3) is 4.29. The van der Waals surface area contributed by atoms with Crippen LogP contribution in [0.25, 0.3) is 0 Å². The minimum absolute atomic E-state index is 0.240. The summed E-state index contributed by atoms with van der Waals surface area (Å²) in [6.45, 7) is 2.58. The van der Waals surface area contributed by atoms with Gasteiger partial charge in [-0.25, -0.2) is 4.79 Å². The van der Waals surface area contributed by atoms with Crippen LogP contribution in [-0.2, 0) is 25.5 Å². The number of carbonyl (C=O) groups is 2. The zero-order valence-corrected chi connectivity index (χ0v) is 12.4. The molecule has 1 aromatic rings. The Labute approximate surface area is 124 Å². The number of hydrogen-bond donors (Lipinski definition) is 1. The molecule has 0 saturated carbocycles. The fraction of sp³-hybridized carbons (Fsp3) is 0.500. The van der Waals surface area contributed by atoms with E-state index in [0.29, 0.717) is 19.4 Å². The van der Waals surface area contributed by atoms with Crippen molar-refractivity contribution in [1.82, 2.24) is 5.32 Å². The molecule has 1 amide bonds. The monoisotopic (exact) mass is 291 g/mol. The molecule has 0 aromatic heterocycles. The van der Waals surface area contributed by atoms with E-state index in [1.54, 1.807) is 0 Å². The minimum atomic E-state index is -0.687. The highest BCUT2D eigenvalue weighted by atomic mass is 16.5. The van der Waals surface area contributed by atoms with E-state index in [2.05, 4.69) is 5.32 Å². The molecule has 1 saturated heterocycles. The summed E-state index contributed by atoms with van der Waals surface area (Å²) in [7, 11) is 1.32. The topological polar surface area (TPSA) is 64.6 Å². The molecule has 21 heavy (non-hydrogen) atoms. The second-order valence-corrected chi connectivity index (χ2v) is 5.28. The summed E-state index contributed by atoms with van der Waals surface area (Å²) in [6, 6.07) is 7.16. The predicted molar refractivity (Wildman–Crippen MR) is 77.8 cm³/mol. The van der Waals surface area contributed by atoms with Gasteiger partial charge in [-0.2, -0.15) is 0 Å². The summed E-state index contributed by atoms with van der Waals surface area (Å²) in [5.74, 6) is -0.682. The second kappa shape index (κ2) is 7.22. The van der Waals surface area contributed by atoms with Crippen LogP contribution in [0.3, 0.4) is 0 Å². The minimum Gasteiger partial charge on any atom is -0.467 e. The van der Waals surface area contributed by atoms with E-state index < -0.39 is 18.1 Å². The Kier molecular flexibility index (Phi) is 5.33. The molecule has 114 valence electrons. The van der Waals surface area contributed by atoms with E-state index in [-0.39, 0.29) is 5.91 Å². The quantitative estimate of drug-likeness (QED) is 0.832. The van der Waals surface area contributed by atoms with Crippen molar-refractivity contribution in [3.8, 4) is 0 Å². The van der Waals surface area contributed by atoms with Gasteiger partial charge in [0.05, 0.1) is 7.11 Å². The van der Waals surface area contributed by atoms with Crippen molar-refractivity contribution in [3.05, 3.63) is 35.4 Å². The van der Waals surface area contributed by atoms with Gasteiger partial charge in [-0.05, 0) is 25.3 Å². The lowest BCUT2D eigenvalue weighted by atomic mass is 10.0. The molecule has 0 radical (unpaired) electrons. The van der Waals surface area contributed by atoms with E-state index in [1.807, 2.05) is 31.2 Å². The number of hydrogen-bond acceptors (Lipinski definition) is 4. The van der Waals surface area contributed by atoms with E-state index in [9.17, 15) is 9.59 Å². The van der Waals surface area contributed by atoms with Crippen molar-refractivity contribution in [1.29, 1.82) is 0 Å². The second-order valence-electron chi connectivity index (χ2n) is 5.28. The zero-order valence-electron chi connectivity index (χ0n) is 12.4. The normalized spacial score (nSPS) is 19.0. The smallest absolute Gasteiger partial charge is 0.328 e. The van der Waals surface area contributed by atoms with Gasteiger partial charge in [0.2, 0.25) is 5.91 Å². The van der Waals surface area contributed by atoms with E-state index in [4.69, 9.17) is 9.47 Å². The molecule has 1 heterocycles. The van der Waals surface area contributed by atoms with Gasteiger partial charge >= 0.3 is 5.97 Å². The zero-order chi connectivity index (χ0) is 15.2. The van der Waals surface area contributed by atoms with Crippen molar-refractivity contribution in [3.63, 3.8) is 0 Å². The molecule has 1 aliphatic heterocycles. The van der Waals surface area contributed by atoms with Crippen molar-refractivity contribution in [2.24, 2.45) is 0 Å². The van der Waals surface area contributed by atoms with Crippen LogP contribution in [-0.4, -0.2) is 37.7 Å². The molecule has 0 bridgehead atoms. The molecule has 0 spiro atoms. The average Bonchev–Trinajstić information content (AvgIpc) is 3.00. The Bertz CT molecular complexity index is 509. The number of aryl methyl sites for hydroxylation is 1. The van der Waals surface area contributed by atoms with Crippen LogP contribution in [0.2, 0.25) is 0 Å². The van der Waals surface area contributed by atoms with Crippen molar-refractivity contribution in [2.75, 3.05) is 13.7 Å². The first kappa shape index (κ1) is 15.5. The van der Waals surface area contributed by atoms with Crippen LogP contribution >= 0.6 is 0 Å². The lowest BCUT2D eigenvalue weighted by molar-refractivity contribution is -0.146. The molecule has 0 aliphatic carbocycles. The largest absolute Gasteiger partial charge is 0.467 e. The van der Waals surface area contributed by atoms with E-state index in [1.165, 1.54) is 7.11 Å². The van der Waals surface area contributed by atoms with Gasteiger partial charge in [-0.3, -0.25) is 4.79 Å². The molecule has 1 fully saturated rings. The molecule has 1 aromatic carbocycles. The Morgan fingerprint density at radius 3 is 2.90 bits per heavy atom. The van der Waals surface area contributed by atoms with Gasteiger partial charge in [-0.1, -0.05) is 29.8 Å². The highest BCUT2D eigenvalue weighted by Gasteiger charge is 2.28. The Hall–Kier alpha value is -1.88. The number of methoxy groups -OCH3 is 1. The van der Waals surface area contributed by atoms with E-state index in [0.717, 1.165) is 17.5 Å². The maximum Gasteiger partial charge on any atom is 0.328 e. The van der Waals surface area contributed by atoms with Crippen molar-refractivity contribution < 1.29 is 19.1 Å². The fourth-order valence-corrected chi connectivity index (χ4v) is 2.46. The van der Waals surface area contributed by atoms with Crippen LogP contribution in [0, 0.1) is 6.92 Å². The van der Waals surface area contributed by atoms with Crippen LogP contribution in [0.15, 0.2) is 24.3 Å². The molecule has 2 atom stereocenters. The maximum atomic E-state index is 12.1. The first-order valence-electron chi connectivity index (χ1n) is 7.15. The molecule has 5 nitrogen and oxygen atoms in total. The predicted octanol–water partition coefficient (Wildman–Crippen LogP) is 1.37. The summed E-state index contributed by atoms with van der Waals surface area (Å²) in [6.07, 6.45) is 1.53. The maximum absolute atomic E-state index is 12.1. The van der Waals surface area contributed by atoms with Gasteiger partial charge in [-0.15, -0.1) is 0 Å². The van der Waals surface area contributed by atoms with E-state index >= 15 is 0 Å². The average molecular weight is 291 g/mol. The molecular weight excluding hydrogens is 270 g/mol. The number of rotatable bonds is 5. The highest BCUT2D eigenvalue weighted by Crippen LogP contribution is 2.13. The summed E-state index contributed by atoms with van der Waals surface area (Å²) in [4.78, 5) is 24.0. The summed E-state index contributed by atoms with van der Waals surface area (Å²) in [5.41, 5.74) is 2.10. The first-order chi connectivity index (χ1) is 10.1. The summed E-state index contributed by atoms with van der Waals surface area (Å²) in [5, 5.41) is 2.74. The van der Waals surface area contributed by atoms with Gasteiger partial charge in [0.25, 0.3) is 0 Å². The molecule has 0 unspecified atom stereocenters. The van der Waals surface area contributed by atoms with Crippen LogP contribution in [0.4, 0.5) is 0 Å². The number of benzene rings is 1. The van der Waals surface area contributed by atoms with Gasteiger partial charge in [0.15, 0.2) is 0 Å². The first-order valence-corrected chi connectivity index (χ1v) is 7.15. The number of esters is 1. The van der Waals surface area contributed by atoms with Gasteiger partial charge in [0.1, 0.15) is 12.1 Å². The standard InChI is InChI=1S/C16H21NO4/c1-11-5-3-6-12(9-11)10-13(16(19)20-2)17-15(18)14-7-4-8-21-14/h3,5-6,9,13-14H,4,7-8,10H2,1-2H3,(H,17,18)/t13-,14+/m1/s1. The van der Waals surface area contributed by atoms with Crippen molar-refractivity contribution >= 4 is 11.9 Å². The van der Waals surface area contributed by atoms with Gasteiger partial charge in [0, 0.05) is 13.0 Å². The lowest BCUT2D eigenvalue weighted by Crippen LogP contribution is -2.47. The Morgan fingerprint density at radius 1 is 1.48 bits per heavy atom. The van der Waals surface area contributed by atoms with Gasteiger partial charge < -0.3 is 14.8 Å². The highest BCUT2D eigenvalue weighted by molar-refractivity contribution is 5.87. The molecule has 2 rings (SSSR count). The SMILES string of the molecule is COC(=O)[C@@H](Cc1cccc(C)c1)NC(=O)[C@@H]1CCCO1. The third-order valence-electron chi connectivity index (χ3n) is 3.55. The Balaban J connectivity index is 2.03. The number of ether oxygens (including phenoxy) is 2. The molecule has 1 N–H and O–H groups in total. The number of nitrogens with one attached hydrogen (secondary N) is 1. The summed E-state index contributed by atoms with van der Waals surface area (Å²) < 4.78 is 10.1. The molecule has 5 heteroatoms. The van der Waals surface area contributed by atoms with Crippen LogP contribution < -0.4 is 5.32 Å². The Morgan fingerprint density at radius 2 is 2.29 bits per heavy atom. The fourth-order valence-electron chi connectivity index (χ4n) is 2.46. The lowest BCUT2D eigenvalue weighted by Gasteiger charge is -2.19. The molecule has 1 aliphatic rings. The van der Waals surface area contributed by atoms with Crippen LogP contribution in [0.5, 0.6) is 0 Å². The number of carbonyl (C=O) groups excluding carboxylic acids is 2. The van der Waals surface area contributed by atoms with Crippen molar-refractivity contribution in [2.45, 2.75) is 38.3 Å².